The number of hydrogen-bond donors (Lipinski definition) is 2. The average molecular weight is 450 g/mol. The molecule has 0 fully saturated rings. The Hall–Kier alpha value is -3.61. The number of hydrogen-bond acceptors (Lipinski definition) is 5. The molecule has 0 bridgehead atoms. The fourth-order valence-corrected chi connectivity index (χ4v) is 3.46. The summed E-state index contributed by atoms with van der Waals surface area (Å²) < 4.78 is 11.2. The van der Waals surface area contributed by atoms with Gasteiger partial charge in [-0.2, -0.15) is 0 Å². The second-order valence-corrected chi connectivity index (χ2v) is 7.58. The summed E-state index contributed by atoms with van der Waals surface area (Å²) >= 11 is 5.91. The maximum atomic E-state index is 12.9. The molecule has 1 aromatic heterocycles. The van der Waals surface area contributed by atoms with Crippen molar-refractivity contribution in [2.24, 2.45) is 0 Å². The highest BCUT2D eigenvalue weighted by Gasteiger charge is 2.14. The largest absolute Gasteiger partial charge is 0.484 e. The van der Waals surface area contributed by atoms with Gasteiger partial charge in [0, 0.05) is 11.1 Å². The SMILES string of the molecule is O=C(COc1ccc2c(=O)c(-c3ccc(Cl)cc3)coc2c1)N[C@H](CO)c1ccccc1. The molecule has 1 amide bonds. The first-order valence-electron chi connectivity index (χ1n) is 9.94. The van der Waals surface area contributed by atoms with E-state index < -0.39 is 6.04 Å². The van der Waals surface area contributed by atoms with Gasteiger partial charge in [0.05, 0.1) is 23.6 Å². The molecule has 0 aliphatic carbocycles. The molecule has 0 aliphatic rings. The fourth-order valence-electron chi connectivity index (χ4n) is 3.33. The molecule has 4 aromatic rings. The van der Waals surface area contributed by atoms with E-state index >= 15 is 0 Å². The maximum Gasteiger partial charge on any atom is 0.258 e. The highest BCUT2D eigenvalue weighted by atomic mass is 35.5. The topological polar surface area (TPSA) is 88.8 Å². The average Bonchev–Trinajstić information content (AvgIpc) is 2.82. The van der Waals surface area contributed by atoms with Crippen molar-refractivity contribution in [1.29, 1.82) is 0 Å². The maximum absolute atomic E-state index is 12.9. The van der Waals surface area contributed by atoms with Crippen LogP contribution in [-0.4, -0.2) is 24.2 Å². The van der Waals surface area contributed by atoms with Crippen LogP contribution in [0.4, 0.5) is 0 Å². The van der Waals surface area contributed by atoms with Crippen molar-refractivity contribution in [1.82, 2.24) is 5.32 Å². The van der Waals surface area contributed by atoms with Gasteiger partial charge in [0.15, 0.2) is 12.0 Å². The number of halogens is 1. The Morgan fingerprint density at radius 1 is 1.06 bits per heavy atom. The predicted molar refractivity (Wildman–Crippen MR) is 123 cm³/mol. The molecule has 7 heteroatoms. The quantitative estimate of drug-likeness (QED) is 0.438. The summed E-state index contributed by atoms with van der Waals surface area (Å²) in [6, 6.07) is 20.4. The lowest BCUT2D eigenvalue weighted by atomic mass is 10.1. The number of nitrogens with one attached hydrogen (secondary N) is 1. The third-order valence-corrected chi connectivity index (χ3v) is 5.24. The van der Waals surface area contributed by atoms with Crippen molar-refractivity contribution in [3.63, 3.8) is 0 Å². The molecule has 0 saturated carbocycles. The number of carbonyl (C=O) groups is 1. The molecule has 32 heavy (non-hydrogen) atoms. The van der Waals surface area contributed by atoms with E-state index in [9.17, 15) is 14.7 Å². The monoisotopic (exact) mass is 449 g/mol. The van der Waals surface area contributed by atoms with Gasteiger partial charge in [0.2, 0.25) is 0 Å². The van der Waals surface area contributed by atoms with Crippen LogP contribution in [0.1, 0.15) is 11.6 Å². The Kier molecular flexibility index (Phi) is 6.54. The molecule has 1 atom stereocenters. The normalized spacial score (nSPS) is 11.8. The van der Waals surface area contributed by atoms with Gasteiger partial charge in [0.1, 0.15) is 17.6 Å². The molecule has 0 saturated heterocycles. The number of carbonyl (C=O) groups excluding carboxylic acids is 1. The van der Waals surface area contributed by atoms with Crippen LogP contribution in [0.25, 0.3) is 22.1 Å². The molecular formula is C25H20ClNO5. The lowest BCUT2D eigenvalue weighted by molar-refractivity contribution is -0.124. The first-order valence-corrected chi connectivity index (χ1v) is 10.3. The highest BCUT2D eigenvalue weighted by Crippen LogP contribution is 2.24. The number of benzene rings is 3. The van der Waals surface area contributed by atoms with Gasteiger partial charge in [-0.05, 0) is 35.4 Å². The van der Waals surface area contributed by atoms with Crippen LogP contribution in [0.5, 0.6) is 5.75 Å². The zero-order valence-electron chi connectivity index (χ0n) is 17.0. The van der Waals surface area contributed by atoms with E-state index in [0.29, 0.717) is 32.9 Å². The minimum atomic E-state index is -0.520. The highest BCUT2D eigenvalue weighted by molar-refractivity contribution is 6.30. The van der Waals surface area contributed by atoms with Crippen LogP contribution >= 0.6 is 11.6 Å². The Morgan fingerprint density at radius 3 is 2.53 bits per heavy atom. The first kappa shape index (κ1) is 21.6. The minimum absolute atomic E-state index is 0.175. The molecule has 4 rings (SSSR count). The summed E-state index contributed by atoms with van der Waals surface area (Å²) in [6.07, 6.45) is 1.40. The third kappa shape index (κ3) is 4.82. The summed E-state index contributed by atoms with van der Waals surface area (Å²) in [5.74, 6) is 0.00263. The lowest BCUT2D eigenvalue weighted by Gasteiger charge is -2.17. The number of fused-ring (bicyclic) bond motifs is 1. The van der Waals surface area contributed by atoms with Gasteiger partial charge in [-0.25, -0.2) is 0 Å². The van der Waals surface area contributed by atoms with E-state index in [2.05, 4.69) is 5.32 Å². The smallest absolute Gasteiger partial charge is 0.258 e. The summed E-state index contributed by atoms with van der Waals surface area (Å²) in [5, 5.41) is 13.3. The zero-order valence-corrected chi connectivity index (χ0v) is 17.7. The van der Waals surface area contributed by atoms with E-state index in [1.807, 2.05) is 30.3 Å². The van der Waals surface area contributed by atoms with Gasteiger partial charge >= 0.3 is 0 Å². The Labute approximate surface area is 189 Å². The van der Waals surface area contributed by atoms with E-state index in [1.54, 1.807) is 42.5 Å². The number of amides is 1. The van der Waals surface area contributed by atoms with Crippen LogP contribution in [0.2, 0.25) is 5.02 Å². The van der Waals surface area contributed by atoms with Crippen molar-refractivity contribution in [2.45, 2.75) is 6.04 Å². The third-order valence-electron chi connectivity index (χ3n) is 4.99. The van der Waals surface area contributed by atoms with E-state index in [4.69, 9.17) is 20.8 Å². The van der Waals surface area contributed by atoms with Crippen molar-refractivity contribution in [3.05, 3.63) is 99.9 Å². The standard InChI is InChI=1S/C25H20ClNO5/c26-18-8-6-16(7-9-18)21-14-32-23-12-19(10-11-20(23)25(21)30)31-15-24(29)27-22(13-28)17-4-2-1-3-5-17/h1-12,14,22,28H,13,15H2,(H,27,29)/t22-/m1/s1. The van der Waals surface area contributed by atoms with Crippen LogP contribution in [0, 0.1) is 0 Å². The van der Waals surface area contributed by atoms with E-state index in [-0.39, 0.29) is 24.5 Å². The summed E-state index contributed by atoms with van der Waals surface area (Å²) in [6.45, 7) is -0.477. The Balaban J connectivity index is 1.46. The predicted octanol–water partition coefficient (Wildman–Crippen LogP) is 4.34. The van der Waals surface area contributed by atoms with Crippen LogP contribution < -0.4 is 15.5 Å². The van der Waals surface area contributed by atoms with Gasteiger partial charge in [-0.3, -0.25) is 9.59 Å². The fraction of sp³-hybridized carbons (Fsp3) is 0.120. The number of ether oxygens (including phenoxy) is 1. The zero-order chi connectivity index (χ0) is 22.5. The summed E-state index contributed by atoms with van der Waals surface area (Å²) in [4.78, 5) is 25.1. The second kappa shape index (κ2) is 9.68. The molecule has 0 spiro atoms. The van der Waals surface area contributed by atoms with Gasteiger partial charge in [-0.1, -0.05) is 54.1 Å². The molecular weight excluding hydrogens is 430 g/mol. The van der Waals surface area contributed by atoms with E-state index in [1.165, 1.54) is 6.26 Å². The summed E-state index contributed by atoms with van der Waals surface area (Å²) in [7, 11) is 0. The van der Waals surface area contributed by atoms with Gasteiger partial charge in [-0.15, -0.1) is 0 Å². The van der Waals surface area contributed by atoms with Crippen molar-refractivity contribution in [2.75, 3.05) is 13.2 Å². The van der Waals surface area contributed by atoms with Crippen molar-refractivity contribution < 1.29 is 19.1 Å². The minimum Gasteiger partial charge on any atom is -0.484 e. The van der Waals surface area contributed by atoms with Crippen molar-refractivity contribution in [3.8, 4) is 16.9 Å². The molecule has 1 heterocycles. The van der Waals surface area contributed by atoms with E-state index in [0.717, 1.165) is 5.56 Å². The van der Waals surface area contributed by atoms with Crippen molar-refractivity contribution >= 4 is 28.5 Å². The first-order chi connectivity index (χ1) is 15.5. The van der Waals surface area contributed by atoms with Crippen LogP contribution in [0.15, 0.2) is 88.3 Å². The Bertz CT molecular complexity index is 1290. The molecule has 162 valence electrons. The lowest BCUT2D eigenvalue weighted by Crippen LogP contribution is -2.34. The number of aliphatic hydroxyl groups excluding tert-OH is 1. The molecule has 2 N–H and O–H groups in total. The van der Waals surface area contributed by atoms with Gasteiger partial charge < -0.3 is 19.6 Å². The molecule has 0 radical (unpaired) electrons. The molecule has 0 unspecified atom stereocenters. The number of rotatable bonds is 7. The second-order valence-electron chi connectivity index (χ2n) is 7.15. The van der Waals surface area contributed by atoms with Gasteiger partial charge in [0.25, 0.3) is 5.91 Å². The van der Waals surface area contributed by atoms with Crippen LogP contribution in [-0.2, 0) is 4.79 Å². The Morgan fingerprint density at radius 2 is 1.81 bits per heavy atom. The number of aliphatic hydroxyl groups is 1. The summed E-state index contributed by atoms with van der Waals surface area (Å²) in [5.41, 5.74) is 2.11. The molecule has 3 aromatic carbocycles. The molecule has 6 nitrogen and oxygen atoms in total. The molecule has 0 aliphatic heterocycles. The van der Waals surface area contributed by atoms with Crippen LogP contribution in [0.3, 0.4) is 0 Å².